The number of hydrogen-bond acceptors (Lipinski definition) is 6. The van der Waals surface area contributed by atoms with Crippen LogP contribution in [0, 0.1) is 0 Å². The van der Waals surface area contributed by atoms with Crippen LogP contribution in [0.2, 0.25) is 5.02 Å². The minimum atomic E-state index is 0.000709. The summed E-state index contributed by atoms with van der Waals surface area (Å²) in [7, 11) is 1.78. The number of amides is 1. The van der Waals surface area contributed by atoms with E-state index >= 15 is 0 Å². The molecule has 0 bridgehead atoms. The van der Waals surface area contributed by atoms with E-state index in [9.17, 15) is 4.79 Å². The molecule has 0 radical (unpaired) electrons. The SMILES string of the molecule is CN(Cc1ccc(Br)s1)C(=O)CSc1nnc(-c2ccc(Cl)cc2)o1. The Hall–Kier alpha value is -1.35. The van der Waals surface area contributed by atoms with Crippen molar-refractivity contribution in [3.63, 3.8) is 0 Å². The Morgan fingerprint density at radius 3 is 2.72 bits per heavy atom. The van der Waals surface area contributed by atoms with E-state index < -0.39 is 0 Å². The lowest BCUT2D eigenvalue weighted by Crippen LogP contribution is -2.27. The summed E-state index contributed by atoms with van der Waals surface area (Å²) in [6, 6.07) is 11.1. The summed E-state index contributed by atoms with van der Waals surface area (Å²) in [5.74, 6) is 0.648. The van der Waals surface area contributed by atoms with Crippen LogP contribution in [0.3, 0.4) is 0 Å². The molecule has 5 nitrogen and oxygen atoms in total. The van der Waals surface area contributed by atoms with Gasteiger partial charge in [-0.15, -0.1) is 21.5 Å². The molecule has 0 saturated carbocycles. The highest BCUT2D eigenvalue weighted by Gasteiger charge is 2.14. The summed E-state index contributed by atoms with van der Waals surface area (Å²) < 4.78 is 6.64. The molecule has 0 atom stereocenters. The first-order valence-corrected chi connectivity index (χ1v) is 10.2. The lowest BCUT2D eigenvalue weighted by Gasteiger charge is -2.15. The number of carbonyl (C=O) groups is 1. The first-order chi connectivity index (χ1) is 12.0. The standard InChI is InChI=1S/C16H13BrClN3O2S2/c1-21(8-12-6-7-13(17)25-12)14(22)9-24-16-20-19-15(23-16)10-2-4-11(18)5-3-10/h2-7H,8-9H2,1H3. The van der Waals surface area contributed by atoms with Crippen LogP contribution in [0.5, 0.6) is 0 Å². The number of carbonyl (C=O) groups excluding carboxylic acids is 1. The minimum Gasteiger partial charge on any atom is -0.411 e. The van der Waals surface area contributed by atoms with Crippen LogP contribution in [0.15, 0.2) is 49.8 Å². The van der Waals surface area contributed by atoms with Gasteiger partial charge in [0.25, 0.3) is 5.22 Å². The van der Waals surface area contributed by atoms with Crippen LogP contribution < -0.4 is 0 Å². The molecule has 9 heteroatoms. The zero-order valence-corrected chi connectivity index (χ0v) is 17.1. The zero-order valence-electron chi connectivity index (χ0n) is 13.1. The number of rotatable bonds is 6. The van der Waals surface area contributed by atoms with Gasteiger partial charge < -0.3 is 9.32 Å². The van der Waals surface area contributed by atoms with E-state index in [-0.39, 0.29) is 11.7 Å². The summed E-state index contributed by atoms with van der Waals surface area (Å²) in [4.78, 5) is 15.0. The Bertz CT molecular complexity index is 866. The molecule has 0 fully saturated rings. The maximum absolute atomic E-state index is 12.2. The number of benzene rings is 1. The van der Waals surface area contributed by atoms with Crippen LogP contribution in [0.1, 0.15) is 4.88 Å². The number of nitrogens with zero attached hydrogens (tertiary/aromatic N) is 3. The van der Waals surface area contributed by atoms with Gasteiger partial charge in [0.1, 0.15) is 0 Å². The van der Waals surface area contributed by atoms with Crippen molar-refractivity contribution < 1.29 is 9.21 Å². The molecule has 0 aliphatic heterocycles. The summed E-state index contributed by atoms with van der Waals surface area (Å²) in [5, 5.41) is 8.98. The number of thiophene rings is 1. The molecule has 1 aromatic carbocycles. The second kappa shape index (κ2) is 8.35. The monoisotopic (exact) mass is 457 g/mol. The number of halogens is 2. The molecule has 0 saturated heterocycles. The fraction of sp³-hybridized carbons (Fsp3) is 0.188. The number of aromatic nitrogens is 2. The average molecular weight is 459 g/mol. The van der Waals surface area contributed by atoms with Crippen LogP contribution in [0.4, 0.5) is 0 Å². The average Bonchev–Trinajstić information content (AvgIpc) is 3.22. The van der Waals surface area contributed by atoms with Gasteiger partial charge in [0.05, 0.1) is 16.1 Å². The molecule has 0 aliphatic carbocycles. The second-order valence-electron chi connectivity index (χ2n) is 5.12. The van der Waals surface area contributed by atoms with E-state index in [1.54, 1.807) is 35.4 Å². The number of thioether (sulfide) groups is 1. The molecule has 0 spiro atoms. The van der Waals surface area contributed by atoms with Crippen LogP contribution in [0.25, 0.3) is 11.5 Å². The van der Waals surface area contributed by atoms with Crippen molar-refractivity contribution in [1.29, 1.82) is 0 Å². The lowest BCUT2D eigenvalue weighted by atomic mass is 10.2. The molecular weight excluding hydrogens is 446 g/mol. The summed E-state index contributed by atoms with van der Waals surface area (Å²) >= 11 is 12.1. The Balaban J connectivity index is 1.54. The summed E-state index contributed by atoms with van der Waals surface area (Å²) in [6.07, 6.45) is 0. The molecule has 0 aliphatic rings. The molecule has 0 N–H and O–H groups in total. The maximum atomic E-state index is 12.2. The van der Waals surface area contributed by atoms with Gasteiger partial charge in [-0.25, -0.2) is 0 Å². The zero-order chi connectivity index (χ0) is 17.8. The van der Waals surface area contributed by atoms with Crippen molar-refractivity contribution in [1.82, 2.24) is 15.1 Å². The van der Waals surface area contributed by atoms with Crippen molar-refractivity contribution in [2.75, 3.05) is 12.8 Å². The third kappa shape index (κ3) is 5.07. The second-order valence-corrected chi connectivity index (χ2v) is 9.03. The van der Waals surface area contributed by atoms with E-state index in [4.69, 9.17) is 16.0 Å². The minimum absolute atomic E-state index is 0.000709. The highest BCUT2D eigenvalue weighted by molar-refractivity contribution is 9.11. The topological polar surface area (TPSA) is 59.2 Å². The molecule has 1 amide bonds. The van der Waals surface area contributed by atoms with Crippen LogP contribution in [-0.2, 0) is 11.3 Å². The molecule has 3 aromatic rings. The van der Waals surface area contributed by atoms with Gasteiger partial charge in [-0.05, 0) is 52.3 Å². The number of hydrogen-bond donors (Lipinski definition) is 0. The van der Waals surface area contributed by atoms with E-state index in [1.807, 2.05) is 24.3 Å². The summed E-state index contributed by atoms with van der Waals surface area (Å²) in [5.41, 5.74) is 0.787. The first-order valence-electron chi connectivity index (χ1n) is 7.21. The highest BCUT2D eigenvalue weighted by atomic mass is 79.9. The Labute approximate surface area is 166 Å². The van der Waals surface area contributed by atoms with Crippen molar-refractivity contribution >= 4 is 56.5 Å². The van der Waals surface area contributed by atoms with E-state index in [1.165, 1.54) is 11.8 Å². The van der Waals surface area contributed by atoms with Crippen LogP contribution >= 0.6 is 50.6 Å². The smallest absolute Gasteiger partial charge is 0.277 e. The van der Waals surface area contributed by atoms with E-state index in [0.717, 1.165) is 14.2 Å². The molecule has 2 heterocycles. The maximum Gasteiger partial charge on any atom is 0.277 e. The molecule has 3 rings (SSSR count). The van der Waals surface area contributed by atoms with Gasteiger partial charge in [0.2, 0.25) is 11.8 Å². The van der Waals surface area contributed by atoms with Gasteiger partial charge in [0.15, 0.2) is 0 Å². The third-order valence-electron chi connectivity index (χ3n) is 3.26. The lowest BCUT2D eigenvalue weighted by molar-refractivity contribution is -0.127. The largest absolute Gasteiger partial charge is 0.411 e. The highest BCUT2D eigenvalue weighted by Crippen LogP contribution is 2.25. The predicted molar refractivity (Wildman–Crippen MR) is 104 cm³/mol. The van der Waals surface area contributed by atoms with Crippen molar-refractivity contribution in [3.8, 4) is 11.5 Å². The van der Waals surface area contributed by atoms with Gasteiger partial charge in [-0.1, -0.05) is 23.4 Å². The fourth-order valence-corrected chi connectivity index (χ4v) is 4.34. The van der Waals surface area contributed by atoms with Crippen molar-refractivity contribution in [2.45, 2.75) is 11.8 Å². The molecule has 2 aromatic heterocycles. The Morgan fingerprint density at radius 1 is 1.28 bits per heavy atom. The molecule has 0 unspecified atom stereocenters. The van der Waals surface area contributed by atoms with Crippen molar-refractivity contribution in [2.24, 2.45) is 0 Å². The normalized spacial score (nSPS) is 10.8. The van der Waals surface area contributed by atoms with Gasteiger partial charge in [0, 0.05) is 22.5 Å². The quantitative estimate of drug-likeness (QED) is 0.488. The van der Waals surface area contributed by atoms with Crippen molar-refractivity contribution in [3.05, 3.63) is 50.1 Å². The van der Waals surface area contributed by atoms with Gasteiger partial charge in [-0.2, -0.15) is 0 Å². The van der Waals surface area contributed by atoms with Gasteiger partial charge in [-0.3, -0.25) is 4.79 Å². The Kier molecular flexibility index (Phi) is 6.16. The molecule has 25 heavy (non-hydrogen) atoms. The van der Waals surface area contributed by atoms with E-state index in [0.29, 0.717) is 22.7 Å². The molecule has 130 valence electrons. The summed E-state index contributed by atoms with van der Waals surface area (Å²) in [6.45, 7) is 0.579. The van der Waals surface area contributed by atoms with Crippen LogP contribution in [-0.4, -0.2) is 33.8 Å². The fourth-order valence-electron chi connectivity index (χ4n) is 1.97. The predicted octanol–water partition coefficient (Wildman–Crippen LogP) is 4.96. The first kappa shape index (κ1) is 18.4. The third-order valence-corrected chi connectivity index (χ3v) is 5.93. The Morgan fingerprint density at radius 2 is 2.04 bits per heavy atom. The molecular formula is C16H13BrClN3O2S2. The van der Waals surface area contributed by atoms with E-state index in [2.05, 4.69) is 26.1 Å². The van der Waals surface area contributed by atoms with Gasteiger partial charge >= 0.3 is 0 Å².